The summed E-state index contributed by atoms with van der Waals surface area (Å²) in [5.41, 5.74) is 0.801. The number of fused-ring (bicyclic) bond motifs is 1. The minimum atomic E-state index is -3.68. The zero-order valence-corrected chi connectivity index (χ0v) is 13.1. The van der Waals surface area contributed by atoms with E-state index in [4.69, 9.17) is 5.26 Å². The van der Waals surface area contributed by atoms with Crippen molar-refractivity contribution >= 4 is 27.9 Å². The van der Waals surface area contributed by atoms with E-state index in [1.807, 2.05) is 6.07 Å². The van der Waals surface area contributed by atoms with Gasteiger partial charge in [-0.2, -0.15) is 5.26 Å². The number of thiophene rings is 1. The number of benzene rings is 1. The SMILES string of the molecule is C[C@@H](Nc1ccc2c(c1)OC(F)(F)O2)C(=O)Nc1sccc1C#N. The molecule has 0 unspecified atom stereocenters. The number of nitrogens with one attached hydrogen (secondary N) is 2. The Balaban J connectivity index is 1.66. The highest BCUT2D eigenvalue weighted by molar-refractivity contribution is 7.14. The Kier molecular flexibility index (Phi) is 3.99. The average Bonchev–Trinajstić information content (AvgIpc) is 3.08. The summed E-state index contributed by atoms with van der Waals surface area (Å²) in [6.07, 6.45) is -3.68. The van der Waals surface area contributed by atoms with Gasteiger partial charge in [0.15, 0.2) is 11.5 Å². The second-order valence-electron chi connectivity index (χ2n) is 4.96. The second kappa shape index (κ2) is 5.98. The lowest BCUT2D eigenvalue weighted by atomic mass is 10.2. The minimum absolute atomic E-state index is 0.0695. The van der Waals surface area contributed by atoms with E-state index in [1.165, 1.54) is 29.5 Å². The first-order valence-corrected chi connectivity index (χ1v) is 7.71. The van der Waals surface area contributed by atoms with Crippen LogP contribution in [-0.4, -0.2) is 18.2 Å². The normalized spacial score (nSPS) is 15.4. The number of carbonyl (C=O) groups excluding carboxylic acids is 1. The van der Waals surface area contributed by atoms with Gasteiger partial charge in [0.1, 0.15) is 17.1 Å². The Labute approximate surface area is 139 Å². The van der Waals surface area contributed by atoms with Gasteiger partial charge in [0, 0.05) is 11.8 Å². The number of amides is 1. The molecule has 0 aliphatic carbocycles. The average molecular weight is 351 g/mol. The Morgan fingerprint density at radius 1 is 1.33 bits per heavy atom. The highest BCUT2D eigenvalue weighted by Gasteiger charge is 2.43. The third-order valence-corrected chi connectivity index (χ3v) is 4.03. The van der Waals surface area contributed by atoms with Gasteiger partial charge in [0.05, 0.1) is 5.56 Å². The number of alkyl halides is 2. The van der Waals surface area contributed by atoms with Crippen molar-refractivity contribution in [2.45, 2.75) is 19.3 Å². The van der Waals surface area contributed by atoms with Gasteiger partial charge in [0.2, 0.25) is 5.91 Å². The molecule has 1 aliphatic rings. The Bertz CT molecular complexity index is 832. The van der Waals surface area contributed by atoms with Gasteiger partial charge in [0.25, 0.3) is 0 Å². The van der Waals surface area contributed by atoms with Crippen molar-refractivity contribution in [3.8, 4) is 17.6 Å². The molecule has 1 aromatic heterocycles. The van der Waals surface area contributed by atoms with Crippen LogP contribution in [0.15, 0.2) is 29.6 Å². The van der Waals surface area contributed by atoms with Crippen LogP contribution in [-0.2, 0) is 4.79 Å². The number of nitriles is 1. The van der Waals surface area contributed by atoms with Crippen molar-refractivity contribution in [2.24, 2.45) is 0 Å². The number of hydrogen-bond donors (Lipinski definition) is 2. The summed E-state index contributed by atoms with van der Waals surface area (Å²) in [6.45, 7) is 1.61. The predicted molar refractivity (Wildman–Crippen MR) is 83.4 cm³/mol. The Morgan fingerprint density at radius 3 is 2.83 bits per heavy atom. The van der Waals surface area contributed by atoms with Gasteiger partial charge >= 0.3 is 6.29 Å². The number of rotatable bonds is 4. The molecule has 3 rings (SSSR count). The number of hydrogen-bond acceptors (Lipinski definition) is 6. The summed E-state index contributed by atoms with van der Waals surface area (Å²) in [5.74, 6) is -0.542. The molecular formula is C15H11F2N3O3S. The van der Waals surface area contributed by atoms with E-state index in [-0.39, 0.29) is 17.4 Å². The van der Waals surface area contributed by atoms with Gasteiger partial charge in [-0.25, -0.2) is 0 Å². The number of carbonyl (C=O) groups is 1. The molecule has 0 saturated heterocycles. The third-order valence-electron chi connectivity index (χ3n) is 3.20. The zero-order chi connectivity index (χ0) is 17.3. The van der Waals surface area contributed by atoms with Crippen LogP contribution < -0.4 is 20.1 Å². The van der Waals surface area contributed by atoms with Gasteiger partial charge in [-0.15, -0.1) is 20.1 Å². The van der Waals surface area contributed by atoms with Gasteiger partial charge in [-0.05, 0) is 30.5 Å². The molecule has 0 saturated carbocycles. The number of nitrogens with zero attached hydrogens (tertiary/aromatic N) is 1. The summed E-state index contributed by atoms with van der Waals surface area (Å²) in [7, 11) is 0. The van der Waals surface area contributed by atoms with Crippen LogP contribution in [0.4, 0.5) is 19.5 Å². The highest BCUT2D eigenvalue weighted by atomic mass is 32.1. The molecule has 1 aromatic carbocycles. The zero-order valence-electron chi connectivity index (χ0n) is 12.3. The fraction of sp³-hybridized carbons (Fsp3) is 0.200. The molecule has 1 amide bonds. The van der Waals surface area contributed by atoms with E-state index in [1.54, 1.807) is 18.4 Å². The largest absolute Gasteiger partial charge is 0.586 e. The summed E-state index contributed by atoms with van der Waals surface area (Å²) in [5, 5.41) is 16.6. The van der Waals surface area contributed by atoms with E-state index in [9.17, 15) is 13.6 Å². The molecule has 124 valence electrons. The van der Waals surface area contributed by atoms with Gasteiger partial charge in [-0.1, -0.05) is 0 Å². The van der Waals surface area contributed by atoms with Crippen molar-refractivity contribution in [2.75, 3.05) is 10.6 Å². The lowest BCUT2D eigenvalue weighted by Crippen LogP contribution is -2.31. The molecule has 9 heteroatoms. The highest BCUT2D eigenvalue weighted by Crippen LogP contribution is 2.42. The molecule has 0 radical (unpaired) electrons. The van der Waals surface area contributed by atoms with E-state index in [0.717, 1.165) is 0 Å². The molecule has 0 fully saturated rings. The van der Waals surface area contributed by atoms with E-state index < -0.39 is 12.3 Å². The molecule has 2 aromatic rings. The number of ether oxygens (including phenoxy) is 2. The summed E-state index contributed by atoms with van der Waals surface area (Å²) >= 11 is 1.24. The number of anilines is 2. The molecule has 24 heavy (non-hydrogen) atoms. The van der Waals surface area contributed by atoms with E-state index >= 15 is 0 Å². The first-order chi connectivity index (χ1) is 11.4. The lowest BCUT2D eigenvalue weighted by molar-refractivity contribution is -0.286. The first kappa shape index (κ1) is 16.0. The van der Waals surface area contributed by atoms with E-state index in [2.05, 4.69) is 20.1 Å². The van der Waals surface area contributed by atoms with Gasteiger partial charge in [-0.3, -0.25) is 4.79 Å². The maximum atomic E-state index is 13.0. The molecule has 2 heterocycles. The van der Waals surface area contributed by atoms with Crippen LogP contribution in [0.3, 0.4) is 0 Å². The first-order valence-electron chi connectivity index (χ1n) is 6.83. The molecule has 1 aliphatic heterocycles. The van der Waals surface area contributed by atoms with E-state index in [0.29, 0.717) is 16.3 Å². The van der Waals surface area contributed by atoms with Crippen LogP contribution in [0.5, 0.6) is 11.5 Å². The smallest absolute Gasteiger partial charge is 0.395 e. The fourth-order valence-electron chi connectivity index (χ4n) is 2.07. The summed E-state index contributed by atoms with van der Waals surface area (Å²) in [4.78, 5) is 12.2. The molecule has 0 spiro atoms. The van der Waals surface area contributed by atoms with Crippen LogP contribution in [0.1, 0.15) is 12.5 Å². The quantitative estimate of drug-likeness (QED) is 0.882. The molecule has 1 atom stereocenters. The maximum absolute atomic E-state index is 13.0. The van der Waals surface area contributed by atoms with Crippen molar-refractivity contribution in [3.63, 3.8) is 0 Å². The molecular weight excluding hydrogens is 340 g/mol. The Hall–Kier alpha value is -2.86. The molecule has 2 N–H and O–H groups in total. The van der Waals surface area contributed by atoms with Crippen LogP contribution in [0.2, 0.25) is 0 Å². The monoisotopic (exact) mass is 351 g/mol. The fourth-order valence-corrected chi connectivity index (χ4v) is 2.81. The molecule has 6 nitrogen and oxygen atoms in total. The topological polar surface area (TPSA) is 83.4 Å². The minimum Gasteiger partial charge on any atom is -0.395 e. The van der Waals surface area contributed by atoms with Crippen molar-refractivity contribution in [3.05, 3.63) is 35.2 Å². The second-order valence-corrected chi connectivity index (χ2v) is 5.88. The number of halogens is 2. The van der Waals surface area contributed by atoms with Crippen molar-refractivity contribution in [1.29, 1.82) is 5.26 Å². The van der Waals surface area contributed by atoms with Crippen LogP contribution in [0, 0.1) is 11.3 Å². The maximum Gasteiger partial charge on any atom is 0.586 e. The summed E-state index contributed by atoms with van der Waals surface area (Å²) < 4.78 is 34.6. The Morgan fingerprint density at radius 2 is 2.08 bits per heavy atom. The lowest BCUT2D eigenvalue weighted by Gasteiger charge is -2.15. The molecule has 0 bridgehead atoms. The summed E-state index contributed by atoms with van der Waals surface area (Å²) in [6, 6.07) is 7.07. The third kappa shape index (κ3) is 3.23. The van der Waals surface area contributed by atoms with Crippen molar-refractivity contribution in [1.82, 2.24) is 0 Å². The van der Waals surface area contributed by atoms with Gasteiger partial charge < -0.3 is 20.1 Å². The van der Waals surface area contributed by atoms with Crippen molar-refractivity contribution < 1.29 is 23.0 Å². The standard InChI is InChI=1S/C15H11F2N3O3S/c1-8(13(21)20-14-9(7-18)4-5-24-14)19-10-2-3-11-12(6-10)23-15(16,17)22-11/h2-6,8,19H,1H3,(H,20,21)/t8-/m1/s1. The van der Waals surface area contributed by atoms with Crippen LogP contribution >= 0.6 is 11.3 Å². The predicted octanol–water partition coefficient (Wildman–Crippen LogP) is 3.38. The van der Waals surface area contributed by atoms with Crippen LogP contribution in [0.25, 0.3) is 0 Å².